The minimum absolute atomic E-state index is 0.0239. The Morgan fingerprint density at radius 1 is 0.681 bits per heavy atom. The van der Waals surface area contributed by atoms with Gasteiger partial charge in [-0.05, 0) is 41.0 Å². The van der Waals surface area contributed by atoms with Crippen LogP contribution in [0.5, 0.6) is 5.75 Å². The third-order valence-electron chi connectivity index (χ3n) is 7.99. The topological polar surface area (TPSA) is 202 Å². The number of benzene rings is 3. The number of thiol groups is 1. The molecule has 0 aliphatic carbocycles. The van der Waals surface area contributed by atoms with E-state index in [4.69, 9.17) is 5.73 Å². The molecule has 5 aromatic rings. The number of rotatable bonds is 14. The summed E-state index contributed by atoms with van der Waals surface area (Å²) in [5, 5.41) is 29.3. The Labute approximate surface area is 275 Å². The molecule has 0 bridgehead atoms. The average molecular weight is 657 g/mol. The molecular weight excluding hydrogens is 620 g/mol. The number of carboxylic acid groups (broad SMARTS) is 1. The second-order valence-electron chi connectivity index (χ2n) is 11.3. The van der Waals surface area contributed by atoms with E-state index in [1.165, 1.54) is 12.1 Å². The number of nitrogens with two attached hydrogens (primary N) is 1. The van der Waals surface area contributed by atoms with Crippen molar-refractivity contribution in [1.29, 1.82) is 0 Å². The average Bonchev–Trinajstić information content (AvgIpc) is 3.68. The summed E-state index contributed by atoms with van der Waals surface area (Å²) in [6.45, 7) is 0. The maximum atomic E-state index is 14.0. The quantitative estimate of drug-likeness (QED) is 0.0815. The molecule has 3 amide bonds. The van der Waals surface area contributed by atoms with Gasteiger partial charge in [-0.15, -0.1) is 0 Å². The first-order valence-corrected chi connectivity index (χ1v) is 15.6. The molecule has 0 fully saturated rings. The Hall–Kier alpha value is -5.27. The number of aliphatic carboxylic acids is 1. The molecule has 0 radical (unpaired) electrons. The lowest BCUT2D eigenvalue weighted by Gasteiger charge is -2.25. The molecule has 4 unspecified atom stereocenters. The van der Waals surface area contributed by atoms with E-state index in [0.29, 0.717) is 5.56 Å². The van der Waals surface area contributed by atoms with Crippen molar-refractivity contribution >= 4 is 58.1 Å². The Kier molecular flexibility index (Phi) is 10.5. The van der Waals surface area contributed by atoms with E-state index in [-0.39, 0.29) is 30.8 Å². The fraction of sp³-hybridized carbons (Fsp3) is 0.235. The highest BCUT2D eigenvalue weighted by atomic mass is 32.1. The Balaban J connectivity index is 1.43. The molecular formula is C34H36N6O6S. The number of fused-ring (bicyclic) bond motifs is 2. The summed E-state index contributed by atoms with van der Waals surface area (Å²) < 4.78 is 0. The summed E-state index contributed by atoms with van der Waals surface area (Å²) in [6.07, 6.45) is 3.54. The molecule has 0 saturated carbocycles. The van der Waals surface area contributed by atoms with E-state index in [1.54, 1.807) is 24.5 Å². The van der Waals surface area contributed by atoms with Crippen LogP contribution in [0.2, 0.25) is 0 Å². The first-order chi connectivity index (χ1) is 22.6. The summed E-state index contributed by atoms with van der Waals surface area (Å²) in [5.74, 6) is -3.15. The molecule has 47 heavy (non-hydrogen) atoms. The zero-order valence-corrected chi connectivity index (χ0v) is 26.2. The van der Waals surface area contributed by atoms with E-state index < -0.39 is 47.9 Å². The number of aromatic hydroxyl groups is 1. The van der Waals surface area contributed by atoms with Gasteiger partial charge in [-0.2, -0.15) is 12.6 Å². The van der Waals surface area contributed by atoms with E-state index in [1.807, 2.05) is 48.5 Å². The number of hydrogen-bond donors (Lipinski definition) is 9. The van der Waals surface area contributed by atoms with Crippen LogP contribution in [0, 0.1) is 0 Å². The van der Waals surface area contributed by atoms with Crippen LogP contribution in [0.4, 0.5) is 0 Å². The molecule has 2 aromatic heterocycles. The number of nitrogens with one attached hydrogen (secondary N) is 5. The predicted molar refractivity (Wildman–Crippen MR) is 181 cm³/mol. The van der Waals surface area contributed by atoms with Gasteiger partial charge >= 0.3 is 5.97 Å². The van der Waals surface area contributed by atoms with Crippen LogP contribution < -0.4 is 21.7 Å². The van der Waals surface area contributed by atoms with Gasteiger partial charge in [0.25, 0.3) is 0 Å². The second kappa shape index (κ2) is 14.9. The molecule has 5 rings (SSSR count). The number of aromatic amines is 2. The number of aromatic nitrogens is 2. The highest BCUT2D eigenvalue weighted by molar-refractivity contribution is 7.80. The first-order valence-electron chi connectivity index (χ1n) is 15.0. The number of amides is 3. The summed E-state index contributed by atoms with van der Waals surface area (Å²) in [6, 6.07) is 16.3. The van der Waals surface area contributed by atoms with Crippen LogP contribution in [-0.4, -0.2) is 73.8 Å². The van der Waals surface area contributed by atoms with Gasteiger partial charge in [0, 0.05) is 59.2 Å². The number of H-pyrrole nitrogens is 2. The predicted octanol–water partition coefficient (Wildman–Crippen LogP) is 2.18. The summed E-state index contributed by atoms with van der Waals surface area (Å²) >= 11 is 4.11. The molecule has 4 atom stereocenters. The minimum atomic E-state index is -1.33. The lowest BCUT2D eigenvalue weighted by molar-refractivity contribution is -0.142. The third kappa shape index (κ3) is 8.12. The monoisotopic (exact) mass is 656 g/mol. The van der Waals surface area contributed by atoms with Crippen LogP contribution in [0.3, 0.4) is 0 Å². The number of carbonyl (C=O) groups is 4. The Morgan fingerprint density at radius 2 is 1.15 bits per heavy atom. The standard InChI is InChI=1S/C34H36N6O6S/c35-25(18-47)31(42)38-28(14-20-16-36-26-7-3-1-5-23(20)26)32(43)39-29(15-21-17-37-27-8-4-2-6-24(21)27)33(44)40-30(34(45)46)13-19-9-11-22(41)12-10-19/h1-12,16-17,25,28-30,36-37,41,47H,13-15,18,35H2,(H,38,42)(H,39,43)(H,40,44)(H,45,46). The Bertz CT molecular complexity index is 1890. The number of hydrogen-bond acceptors (Lipinski definition) is 7. The smallest absolute Gasteiger partial charge is 0.326 e. The number of phenolic OH excluding ortho intramolecular Hbond substituents is 1. The fourth-order valence-corrected chi connectivity index (χ4v) is 5.60. The van der Waals surface area contributed by atoms with Gasteiger partial charge in [-0.25, -0.2) is 4.79 Å². The SMILES string of the molecule is NC(CS)C(=O)NC(Cc1c[nH]c2ccccc12)C(=O)NC(Cc1c[nH]c2ccccc12)C(=O)NC(Cc1ccc(O)cc1)C(=O)O. The van der Waals surface area contributed by atoms with Crippen molar-refractivity contribution in [2.75, 3.05) is 5.75 Å². The van der Waals surface area contributed by atoms with E-state index in [9.17, 15) is 29.4 Å². The van der Waals surface area contributed by atoms with Crippen molar-refractivity contribution < 1.29 is 29.4 Å². The van der Waals surface area contributed by atoms with Gasteiger partial charge < -0.3 is 41.9 Å². The molecule has 0 aliphatic rings. The van der Waals surface area contributed by atoms with Gasteiger partial charge in [-0.1, -0.05) is 48.5 Å². The molecule has 0 saturated heterocycles. The van der Waals surface area contributed by atoms with Crippen molar-refractivity contribution in [3.8, 4) is 5.75 Å². The first kappa shape index (κ1) is 33.1. The second-order valence-corrected chi connectivity index (χ2v) is 11.7. The van der Waals surface area contributed by atoms with Gasteiger partial charge in [0.15, 0.2) is 0 Å². The lowest BCUT2D eigenvalue weighted by Crippen LogP contribution is -2.58. The molecule has 12 nitrogen and oxygen atoms in total. The van der Waals surface area contributed by atoms with Crippen molar-refractivity contribution in [1.82, 2.24) is 25.9 Å². The minimum Gasteiger partial charge on any atom is -0.508 e. The summed E-state index contributed by atoms with van der Waals surface area (Å²) in [4.78, 5) is 59.2. The van der Waals surface area contributed by atoms with Crippen LogP contribution in [0.15, 0.2) is 85.2 Å². The van der Waals surface area contributed by atoms with Crippen LogP contribution in [0.25, 0.3) is 21.8 Å². The van der Waals surface area contributed by atoms with Gasteiger partial charge in [0.1, 0.15) is 23.9 Å². The highest BCUT2D eigenvalue weighted by Gasteiger charge is 2.31. The molecule has 2 heterocycles. The van der Waals surface area contributed by atoms with Crippen molar-refractivity contribution in [2.45, 2.75) is 43.4 Å². The van der Waals surface area contributed by atoms with Crippen molar-refractivity contribution in [3.63, 3.8) is 0 Å². The number of phenols is 1. The van der Waals surface area contributed by atoms with E-state index in [2.05, 4.69) is 38.5 Å². The molecule has 0 spiro atoms. The van der Waals surface area contributed by atoms with Crippen LogP contribution >= 0.6 is 12.6 Å². The van der Waals surface area contributed by atoms with Crippen LogP contribution in [0.1, 0.15) is 16.7 Å². The summed E-state index contributed by atoms with van der Waals surface area (Å²) in [7, 11) is 0. The van der Waals surface area contributed by atoms with Crippen molar-refractivity contribution in [3.05, 3.63) is 102 Å². The van der Waals surface area contributed by atoms with Crippen LogP contribution in [-0.2, 0) is 38.4 Å². The Morgan fingerprint density at radius 3 is 1.64 bits per heavy atom. The molecule has 9 N–H and O–H groups in total. The number of carbonyl (C=O) groups excluding carboxylic acids is 3. The van der Waals surface area contributed by atoms with E-state index >= 15 is 0 Å². The molecule has 3 aromatic carbocycles. The fourth-order valence-electron chi connectivity index (χ4n) is 5.43. The van der Waals surface area contributed by atoms with Gasteiger partial charge in [0.05, 0.1) is 6.04 Å². The molecule has 244 valence electrons. The molecule has 0 aliphatic heterocycles. The maximum Gasteiger partial charge on any atom is 0.326 e. The zero-order chi connectivity index (χ0) is 33.5. The third-order valence-corrected chi connectivity index (χ3v) is 8.38. The normalized spacial score (nSPS) is 13.8. The lowest BCUT2D eigenvalue weighted by atomic mass is 10.0. The van der Waals surface area contributed by atoms with E-state index in [0.717, 1.165) is 32.9 Å². The largest absolute Gasteiger partial charge is 0.508 e. The highest BCUT2D eigenvalue weighted by Crippen LogP contribution is 2.21. The maximum absolute atomic E-state index is 14.0. The number of para-hydroxylation sites is 2. The summed E-state index contributed by atoms with van der Waals surface area (Å²) in [5.41, 5.74) is 9.66. The molecule has 13 heteroatoms. The zero-order valence-electron chi connectivity index (χ0n) is 25.3. The van der Waals surface area contributed by atoms with Gasteiger partial charge in [0.2, 0.25) is 17.7 Å². The van der Waals surface area contributed by atoms with Crippen molar-refractivity contribution in [2.24, 2.45) is 5.73 Å². The van der Waals surface area contributed by atoms with Gasteiger partial charge in [-0.3, -0.25) is 14.4 Å². The number of carboxylic acids is 1.